The third kappa shape index (κ3) is 2.02. The molecule has 74 valence electrons. The van der Waals surface area contributed by atoms with Crippen molar-refractivity contribution in [2.45, 2.75) is 44.6 Å². The van der Waals surface area contributed by atoms with Crippen LogP contribution in [0, 0.1) is 5.92 Å². The maximum absolute atomic E-state index is 8.96. The fourth-order valence-corrected chi connectivity index (χ4v) is 2.23. The molecule has 2 rings (SSSR count). The molecule has 0 aromatic rings. The molecule has 1 aliphatic heterocycles. The van der Waals surface area contributed by atoms with Crippen molar-refractivity contribution in [3.63, 3.8) is 0 Å². The minimum Gasteiger partial charge on any atom is -0.392 e. The van der Waals surface area contributed by atoms with Gasteiger partial charge in [0, 0.05) is 5.92 Å². The Kier molecular flexibility index (Phi) is 2.83. The molecule has 1 fully saturated rings. The molecule has 1 aliphatic carbocycles. The Balaban J connectivity index is 2.03. The van der Waals surface area contributed by atoms with Crippen molar-refractivity contribution >= 4 is 5.71 Å². The van der Waals surface area contributed by atoms with Crippen molar-refractivity contribution in [2.24, 2.45) is 11.1 Å². The van der Waals surface area contributed by atoms with Crippen molar-refractivity contribution in [1.82, 2.24) is 0 Å². The van der Waals surface area contributed by atoms with Crippen molar-refractivity contribution < 1.29 is 9.94 Å². The highest BCUT2D eigenvalue weighted by Gasteiger charge is 2.27. The van der Waals surface area contributed by atoms with Gasteiger partial charge in [0.25, 0.3) is 0 Å². The Bertz CT molecular complexity index is 203. The van der Waals surface area contributed by atoms with Gasteiger partial charge in [-0.3, -0.25) is 0 Å². The summed E-state index contributed by atoms with van der Waals surface area (Å²) in [6.45, 7) is 0.104. The van der Waals surface area contributed by atoms with E-state index in [2.05, 4.69) is 5.16 Å². The van der Waals surface area contributed by atoms with Crippen LogP contribution >= 0.6 is 0 Å². The molecule has 0 saturated heterocycles. The van der Waals surface area contributed by atoms with E-state index >= 15 is 0 Å². The Labute approximate surface area is 78.8 Å². The third-order valence-corrected chi connectivity index (χ3v) is 3.03. The predicted octanol–water partition coefficient (Wildman–Crippen LogP) is 1.70. The first kappa shape index (κ1) is 9.00. The van der Waals surface area contributed by atoms with E-state index in [0.717, 1.165) is 12.8 Å². The number of aliphatic hydroxyl groups excluding tert-OH is 1. The van der Waals surface area contributed by atoms with Crippen LogP contribution in [0.3, 0.4) is 0 Å². The third-order valence-electron chi connectivity index (χ3n) is 3.03. The quantitative estimate of drug-likeness (QED) is 0.672. The van der Waals surface area contributed by atoms with Crippen LogP contribution in [0.5, 0.6) is 0 Å². The standard InChI is InChI=1S/C10H17NO2/c12-7-9-6-8-4-2-1-3-5-10(8)11-13-9/h8-9,12H,1-7H2. The first-order valence-electron chi connectivity index (χ1n) is 5.23. The summed E-state index contributed by atoms with van der Waals surface area (Å²) in [5.41, 5.74) is 1.24. The zero-order valence-electron chi connectivity index (χ0n) is 7.91. The lowest BCUT2D eigenvalue weighted by molar-refractivity contribution is -0.00662. The van der Waals surface area contributed by atoms with Gasteiger partial charge in [0.05, 0.1) is 12.3 Å². The summed E-state index contributed by atoms with van der Waals surface area (Å²) in [7, 11) is 0. The van der Waals surface area contributed by atoms with Gasteiger partial charge >= 0.3 is 0 Å². The monoisotopic (exact) mass is 183 g/mol. The smallest absolute Gasteiger partial charge is 0.151 e. The number of hydrogen-bond acceptors (Lipinski definition) is 3. The summed E-state index contributed by atoms with van der Waals surface area (Å²) in [6.07, 6.45) is 7.13. The van der Waals surface area contributed by atoms with E-state index in [0.29, 0.717) is 5.92 Å². The minimum atomic E-state index is -0.0492. The van der Waals surface area contributed by atoms with Crippen molar-refractivity contribution in [3.05, 3.63) is 0 Å². The molecule has 1 N–H and O–H groups in total. The molecule has 0 aromatic heterocycles. The van der Waals surface area contributed by atoms with Gasteiger partial charge in [-0.15, -0.1) is 0 Å². The predicted molar refractivity (Wildman–Crippen MR) is 50.6 cm³/mol. The molecular formula is C10H17NO2. The summed E-state index contributed by atoms with van der Waals surface area (Å²) in [4.78, 5) is 5.19. The lowest BCUT2D eigenvalue weighted by Gasteiger charge is -2.25. The summed E-state index contributed by atoms with van der Waals surface area (Å²) in [5, 5.41) is 13.1. The van der Waals surface area contributed by atoms with E-state index in [1.807, 2.05) is 0 Å². The van der Waals surface area contributed by atoms with Crippen molar-refractivity contribution in [1.29, 1.82) is 0 Å². The Hall–Kier alpha value is -0.570. The molecule has 3 nitrogen and oxygen atoms in total. The molecule has 0 amide bonds. The fraction of sp³-hybridized carbons (Fsp3) is 0.900. The van der Waals surface area contributed by atoms with Gasteiger partial charge in [-0.25, -0.2) is 0 Å². The first-order valence-corrected chi connectivity index (χ1v) is 5.23. The van der Waals surface area contributed by atoms with Crippen LogP contribution in [0.15, 0.2) is 5.16 Å². The molecule has 0 spiro atoms. The van der Waals surface area contributed by atoms with Crippen molar-refractivity contribution in [3.8, 4) is 0 Å². The van der Waals surface area contributed by atoms with Gasteiger partial charge in [0.1, 0.15) is 0 Å². The van der Waals surface area contributed by atoms with Gasteiger partial charge in [-0.05, 0) is 25.7 Å². The largest absolute Gasteiger partial charge is 0.392 e. The number of aliphatic hydroxyl groups is 1. The number of nitrogens with zero attached hydrogens (tertiary/aromatic N) is 1. The van der Waals surface area contributed by atoms with Gasteiger partial charge in [0.15, 0.2) is 6.10 Å². The van der Waals surface area contributed by atoms with Crippen molar-refractivity contribution in [2.75, 3.05) is 6.61 Å². The van der Waals surface area contributed by atoms with E-state index in [1.54, 1.807) is 0 Å². The topological polar surface area (TPSA) is 41.8 Å². The second kappa shape index (κ2) is 4.09. The lowest BCUT2D eigenvalue weighted by atomic mass is 9.91. The normalized spacial score (nSPS) is 34.1. The van der Waals surface area contributed by atoms with Crippen LogP contribution in [0.1, 0.15) is 38.5 Å². The molecule has 1 heterocycles. The van der Waals surface area contributed by atoms with Crippen LogP contribution in [0.2, 0.25) is 0 Å². The lowest BCUT2D eigenvalue weighted by Crippen LogP contribution is -2.29. The van der Waals surface area contributed by atoms with Gasteiger partial charge in [-0.1, -0.05) is 18.0 Å². The average molecular weight is 183 g/mol. The Morgan fingerprint density at radius 2 is 2.31 bits per heavy atom. The molecular weight excluding hydrogens is 166 g/mol. The molecule has 2 aliphatic rings. The van der Waals surface area contributed by atoms with Gasteiger partial charge in [0.2, 0.25) is 0 Å². The number of hydrogen-bond donors (Lipinski definition) is 1. The number of oxime groups is 1. The van der Waals surface area contributed by atoms with Crippen LogP contribution in [0.25, 0.3) is 0 Å². The van der Waals surface area contributed by atoms with Crippen LogP contribution in [-0.2, 0) is 4.84 Å². The average Bonchev–Trinajstić information content (AvgIpc) is 2.41. The van der Waals surface area contributed by atoms with Gasteiger partial charge < -0.3 is 9.94 Å². The summed E-state index contributed by atoms with van der Waals surface area (Å²) in [6, 6.07) is 0. The van der Waals surface area contributed by atoms with Crippen LogP contribution < -0.4 is 0 Å². The van der Waals surface area contributed by atoms with E-state index in [4.69, 9.17) is 9.94 Å². The molecule has 1 saturated carbocycles. The molecule has 3 heteroatoms. The zero-order chi connectivity index (χ0) is 9.10. The summed E-state index contributed by atoms with van der Waals surface area (Å²) < 4.78 is 0. The second-order valence-corrected chi connectivity index (χ2v) is 4.02. The van der Waals surface area contributed by atoms with E-state index in [1.165, 1.54) is 31.4 Å². The molecule has 0 aromatic carbocycles. The molecule has 0 radical (unpaired) electrons. The molecule has 0 bridgehead atoms. The SMILES string of the molecule is OCC1CC2CCCCCC2=NO1. The molecule has 2 unspecified atom stereocenters. The molecule has 2 atom stereocenters. The highest BCUT2D eigenvalue weighted by molar-refractivity contribution is 5.86. The summed E-state index contributed by atoms with van der Waals surface area (Å²) >= 11 is 0. The van der Waals surface area contributed by atoms with E-state index in [-0.39, 0.29) is 12.7 Å². The van der Waals surface area contributed by atoms with E-state index < -0.39 is 0 Å². The zero-order valence-corrected chi connectivity index (χ0v) is 7.91. The maximum atomic E-state index is 8.96. The fourth-order valence-electron chi connectivity index (χ4n) is 2.23. The van der Waals surface area contributed by atoms with Crippen LogP contribution in [0.4, 0.5) is 0 Å². The number of fused-ring (bicyclic) bond motifs is 1. The highest BCUT2D eigenvalue weighted by atomic mass is 16.6. The Morgan fingerprint density at radius 3 is 3.15 bits per heavy atom. The highest BCUT2D eigenvalue weighted by Crippen LogP contribution is 2.28. The maximum Gasteiger partial charge on any atom is 0.151 e. The van der Waals surface area contributed by atoms with Gasteiger partial charge in [-0.2, -0.15) is 0 Å². The summed E-state index contributed by atoms with van der Waals surface area (Å²) in [5.74, 6) is 0.591. The molecule has 13 heavy (non-hydrogen) atoms. The van der Waals surface area contributed by atoms with E-state index in [9.17, 15) is 0 Å². The van der Waals surface area contributed by atoms with Crippen LogP contribution in [-0.4, -0.2) is 23.5 Å². The second-order valence-electron chi connectivity index (χ2n) is 4.02. The first-order chi connectivity index (χ1) is 6.40. The minimum absolute atomic E-state index is 0.0492. The number of rotatable bonds is 1. The Morgan fingerprint density at radius 1 is 1.38 bits per heavy atom.